The van der Waals surface area contributed by atoms with Gasteiger partial charge >= 0.3 is 0 Å². The van der Waals surface area contributed by atoms with E-state index in [1.807, 2.05) is 19.9 Å². The first-order chi connectivity index (χ1) is 6.61. The lowest BCUT2D eigenvalue weighted by Crippen LogP contribution is -2.04. The molecule has 14 heavy (non-hydrogen) atoms. The lowest BCUT2D eigenvalue weighted by molar-refractivity contribution is 0.268. The zero-order valence-corrected chi connectivity index (χ0v) is 8.74. The van der Waals surface area contributed by atoms with Gasteiger partial charge < -0.3 is 14.9 Å². The standard InChI is InChI=1S/C11H16O3/c1-7-4-5-9(13)11(14-3)10(7)8(2)6-12/h4-5,8,12-13H,6H2,1-3H3. The maximum atomic E-state index is 9.55. The fourth-order valence-corrected chi connectivity index (χ4v) is 1.60. The second-order valence-corrected chi connectivity index (χ2v) is 3.43. The van der Waals surface area contributed by atoms with Gasteiger partial charge in [0.05, 0.1) is 7.11 Å². The third-order valence-corrected chi connectivity index (χ3v) is 2.36. The highest BCUT2D eigenvalue weighted by Crippen LogP contribution is 2.36. The van der Waals surface area contributed by atoms with E-state index in [0.29, 0.717) is 5.75 Å². The zero-order chi connectivity index (χ0) is 10.7. The van der Waals surface area contributed by atoms with Crippen molar-refractivity contribution in [1.82, 2.24) is 0 Å². The SMILES string of the molecule is COc1c(O)ccc(C)c1C(C)CO. The van der Waals surface area contributed by atoms with Crippen LogP contribution in [0.4, 0.5) is 0 Å². The Labute approximate surface area is 84.0 Å². The molecular formula is C11H16O3. The molecule has 3 heteroatoms. The topological polar surface area (TPSA) is 49.7 Å². The van der Waals surface area contributed by atoms with Gasteiger partial charge in [-0.15, -0.1) is 0 Å². The molecule has 0 saturated heterocycles. The summed E-state index contributed by atoms with van der Waals surface area (Å²) in [4.78, 5) is 0. The number of rotatable bonds is 3. The Hall–Kier alpha value is -1.22. The molecule has 0 spiro atoms. The van der Waals surface area contributed by atoms with E-state index in [-0.39, 0.29) is 18.3 Å². The first kappa shape index (κ1) is 10.9. The van der Waals surface area contributed by atoms with Crippen molar-refractivity contribution in [3.63, 3.8) is 0 Å². The van der Waals surface area contributed by atoms with Gasteiger partial charge in [-0.2, -0.15) is 0 Å². The van der Waals surface area contributed by atoms with Gasteiger partial charge in [-0.1, -0.05) is 13.0 Å². The normalized spacial score (nSPS) is 12.6. The summed E-state index contributed by atoms with van der Waals surface area (Å²) in [5, 5.41) is 18.6. The summed E-state index contributed by atoms with van der Waals surface area (Å²) in [7, 11) is 1.52. The van der Waals surface area contributed by atoms with E-state index in [1.54, 1.807) is 6.07 Å². The number of hydrogen-bond donors (Lipinski definition) is 2. The Morgan fingerprint density at radius 1 is 1.43 bits per heavy atom. The molecule has 1 atom stereocenters. The van der Waals surface area contributed by atoms with Crippen LogP contribution in [0.3, 0.4) is 0 Å². The summed E-state index contributed by atoms with van der Waals surface area (Å²) in [6.07, 6.45) is 0. The van der Waals surface area contributed by atoms with Crippen LogP contribution in [0.5, 0.6) is 11.5 Å². The third-order valence-electron chi connectivity index (χ3n) is 2.36. The minimum Gasteiger partial charge on any atom is -0.504 e. The van der Waals surface area contributed by atoms with Crippen molar-refractivity contribution in [1.29, 1.82) is 0 Å². The highest BCUT2D eigenvalue weighted by molar-refractivity contribution is 5.51. The molecule has 0 saturated carbocycles. The lowest BCUT2D eigenvalue weighted by Gasteiger charge is -2.17. The Balaban J connectivity index is 3.29. The average Bonchev–Trinajstić information content (AvgIpc) is 2.19. The summed E-state index contributed by atoms with van der Waals surface area (Å²) in [5.41, 5.74) is 1.89. The van der Waals surface area contributed by atoms with Gasteiger partial charge in [0.15, 0.2) is 11.5 Å². The van der Waals surface area contributed by atoms with E-state index in [1.165, 1.54) is 7.11 Å². The van der Waals surface area contributed by atoms with Crippen molar-refractivity contribution in [2.24, 2.45) is 0 Å². The van der Waals surface area contributed by atoms with Crippen molar-refractivity contribution in [3.05, 3.63) is 23.3 Å². The molecule has 1 aromatic carbocycles. The van der Waals surface area contributed by atoms with Gasteiger partial charge in [-0.25, -0.2) is 0 Å². The Kier molecular flexibility index (Phi) is 3.36. The Morgan fingerprint density at radius 3 is 2.57 bits per heavy atom. The summed E-state index contributed by atoms with van der Waals surface area (Å²) in [6, 6.07) is 3.42. The number of aliphatic hydroxyl groups excluding tert-OH is 1. The maximum Gasteiger partial charge on any atom is 0.164 e. The lowest BCUT2D eigenvalue weighted by atomic mass is 9.95. The molecule has 0 fully saturated rings. The smallest absolute Gasteiger partial charge is 0.164 e. The van der Waals surface area contributed by atoms with Gasteiger partial charge in [0.25, 0.3) is 0 Å². The van der Waals surface area contributed by atoms with Crippen LogP contribution in [-0.4, -0.2) is 23.9 Å². The number of aryl methyl sites for hydroxylation is 1. The van der Waals surface area contributed by atoms with Crippen LogP contribution in [0.25, 0.3) is 0 Å². The molecule has 0 bridgehead atoms. The molecular weight excluding hydrogens is 180 g/mol. The zero-order valence-electron chi connectivity index (χ0n) is 8.74. The third kappa shape index (κ3) is 1.82. The quantitative estimate of drug-likeness (QED) is 0.775. The number of hydrogen-bond acceptors (Lipinski definition) is 3. The summed E-state index contributed by atoms with van der Waals surface area (Å²) >= 11 is 0. The van der Waals surface area contributed by atoms with Crippen molar-refractivity contribution in [3.8, 4) is 11.5 Å². The van der Waals surface area contributed by atoms with Crippen LogP contribution in [0, 0.1) is 6.92 Å². The van der Waals surface area contributed by atoms with E-state index in [2.05, 4.69) is 0 Å². The van der Waals surface area contributed by atoms with Crippen LogP contribution in [0.1, 0.15) is 24.0 Å². The van der Waals surface area contributed by atoms with Gasteiger partial charge in [0, 0.05) is 18.1 Å². The van der Waals surface area contributed by atoms with E-state index >= 15 is 0 Å². The minimum atomic E-state index is -0.0305. The summed E-state index contributed by atoms with van der Waals surface area (Å²) in [5.74, 6) is 0.553. The van der Waals surface area contributed by atoms with Crippen LogP contribution in [0.15, 0.2) is 12.1 Å². The second kappa shape index (κ2) is 4.33. The average molecular weight is 196 g/mol. The minimum absolute atomic E-state index is 0.0305. The van der Waals surface area contributed by atoms with Crippen LogP contribution in [-0.2, 0) is 0 Å². The highest BCUT2D eigenvalue weighted by Gasteiger charge is 2.16. The molecule has 0 heterocycles. The van der Waals surface area contributed by atoms with Crippen molar-refractivity contribution >= 4 is 0 Å². The number of aliphatic hydroxyl groups is 1. The molecule has 1 aromatic rings. The molecule has 0 amide bonds. The maximum absolute atomic E-state index is 9.55. The van der Waals surface area contributed by atoms with E-state index in [4.69, 9.17) is 9.84 Å². The van der Waals surface area contributed by atoms with Crippen LogP contribution < -0.4 is 4.74 Å². The van der Waals surface area contributed by atoms with Crippen molar-refractivity contribution < 1.29 is 14.9 Å². The molecule has 2 N–H and O–H groups in total. The van der Waals surface area contributed by atoms with E-state index in [0.717, 1.165) is 11.1 Å². The molecule has 0 aliphatic rings. The number of benzene rings is 1. The summed E-state index contributed by atoms with van der Waals surface area (Å²) in [6.45, 7) is 3.87. The first-order valence-electron chi connectivity index (χ1n) is 4.59. The number of phenolic OH excluding ortho intramolecular Hbond substituents is 1. The number of aromatic hydroxyl groups is 1. The van der Waals surface area contributed by atoms with E-state index < -0.39 is 0 Å². The summed E-state index contributed by atoms with van der Waals surface area (Å²) < 4.78 is 5.12. The Bertz CT molecular complexity index is 321. The highest BCUT2D eigenvalue weighted by atomic mass is 16.5. The molecule has 78 valence electrons. The van der Waals surface area contributed by atoms with Crippen molar-refractivity contribution in [2.45, 2.75) is 19.8 Å². The van der Waals surface area contributed by atoms with Gasteiger partial charge in [-0.05, 0) is 18.6 Å². The van der Waals surface area contributed by atoms with Gasteiger partial charge in [0.2, 0.25) is 0 Å². The number of methoxy groups -OCH3 is 1. The van der Waals surface area contributed by atoms with Crippen LogP contribution in [0.2, 0.25) is 0 Å². The molecule has 0 aliphatic heterocycles. The molecule has 1 rings (SSSR count). The largest absolute Gasteiger partial charge is 0.504 e. The molecule has 0 aromatic heterocycles. The predicted octanol–water partition coefficient (Wildman–Crippen LogP) is 1.81. The van der Waals surface area contributed by atoms with E-state index in [9.17, 15) is 5.11 Å². The molecule has 3 nitrogen and oxygen atoms in total. The Morgan fingerprint density at radius 2 is 2.07 bits per heavy atom. The second-order valence-electron chi connectivity index (χ2n) is 3.43. The van der Waals surface area contributed by atoms with Crippen LogP contribution >= 0.6 is 0 Å². The van der Waals surface area contributed by atoms with Gasteiger partial charge in [-0.3, -0.25) is 0 Å². The predicted molar refractivity (Wildman–Crippen MR) is 54.9 cm³/mol. The van der Waals surface area contributed by atoms with Crippen molar-refractivity contribution in [2.75, 3.05) is 13.7 Å². The first-order valence-corrected chi connectivity index (χ1v) is 4.59. The van der Waals surface area contributed by atoms with Gasteiger partial charge in [0.1, 0.15) is 0 Å². The number of ether oxygens (including phenoxy) is 1. The fraction of sp³-hybridized carbons (Fsp3) is 0.455. The fourth-order valence-electron chi connectivity index (χ4n) is 1.60. The molecule has 0 radical (unpaired) electrons. The molecule has 0 aliphatic carbocycles. The monoisotopic (exact) mass is 196 g/mol. The number of phenols is 1. The molecule has 1 unspecified atom stereocenters.